The van der Waals surface area contributed by atoms with Crippen molar-refractivity contribution in [3.05, 3.63) is 54.2 Å². The van der Waals surface area contributed by atoms with E-state index in [2.05, 4.69) is 44.6 Å². The highest BCUT2D eigenvalue weighted by Gasteiger charge is 2.36. The number of hydrogen-bond acceptors (Lipinski definition) is 7. The average Bonchev–Trinajstić information content (AvgIpc) is 3.36. The Morgan fingerprint density at radius 1 is 1.19 bits per heavy atom. The Labute approximate surface area is 196 Å². The van der Waals surface area contributed by atoms with Gasteiger partial charge in [0.2, 0.25) is 5.91 Å². The number of amides is 1. The van der Waals surface area contributed by atoms with Crippen LogP contribution >= 0.6 is 22.9 Å². The number of aryl methyl sites for hydroxylation is 1. The highest BCUT2D eigenvalue weighted by atomic mass is 32.2. The predicted molar refractivity (Wildman–Crippen MR) is 132 cm³/mol. The normalized spacial score (nSPS) is 15.0. The number of fused-ring (bicyclic) bond motifs is 1. The molecule has 10 heteroatoms. The molecule has 0 bridgehead atoms. The van der Waals surface area contributed by atoms with E-state index in [1.165, 1.54) is 33.1 Å². The quantitative estimate of drug-likeness (QED) is 0.466. The molecule has 2 aromatic heterocycles. The molecule has 0 spiro atoms. The first kappa shape index (κ1) is 21.2. The Morgan fingerprint density at radius 3 is 2.59 bits per heavy atom. The maximum Gasteiger partial charge on any atom is 0.235 e. The largest absolute Gasteiger partial charge is 0.370 e. The summed E-state index contributed by atoms with van der Waals surface area (Å²) in [5, 5.41) is 7.18. The van der Waals surface area contributed by atoms with Crippen molar-refractivity contribution >= 4 is 61.5 Å². The van der Waals surface area contributed by atoms with Crippen LogP contribution in [0.5, 0.6) is 0 Å². The van der Waals surface area contributed by atoms with Crippen molar-refractivity contribution in [3.63, 3.8) is 0 Å². The third-order valence-electron chi connectivity index (χ3n) is 5.65. The van der Waals surface area contributed by atoms with Crippen LogP contribution in [0, 0.1) is 12.8 Å². The minimum absolute atomic E-state index is 0.0112. The van der Waals surface area contributed by atoms with Crippen LogP contribution in [-0.4, -0.2) is 39.6 Å². The van der Waals surface area contributed by atoms with Gasteiger partial charge in [-0.1, -0.05) is 41.7 Å². The zero-order valence-electron chi connectivity index (χ0n) is 17.5. The monoisotopic (exact) mass is 483 g/mol. The third-order valence-corrected chi connectivity index (χ3v) is 9.01. The second-order valence-corrected chi connectivity index (χ2v) is 10.8. The number of benzene rings is 2. The summed E-state index contributed by atoms with van der Waals surface area (Å²) in [6, 6.07) is 16.6. The molecule has 1 aliphatic rings. The van der Waals surface area contributed by atoms with E-state index in [-0.39, 0.29) is 11.8 Å². The minimum Gasteiger partial charge on any atom is -0.370 e. The van der Waals surface area contributed by atoms with Gasteiger partial charge in [-0.15, -0.1) is 0 Å². The van der Waals surface area contributed by atoms with Gasteiger partial charge in [0.05, 0.1) is 22.0 Å². The van der Waals surface area contributed by atoms with E-state index >= 15 is 0 Å². The number of hydrogen-bond donors (Lipinski definition) is 1. The molecule has 1 saturated heterocycles. The summed E-state index contributed by atoms with van der Waals surface area (Å²) >= 11 is 2.72. The Balaban J connectivity index is 1.25. The van der Waals surface area contributed by atoms with Crippen LogP contribution in [-0.2, 0) is 15.8 Å². The first-order valence-corrected chi connectivity index (χ1v) is 12.8. The third kappa shape index (κ3) is 3.73. The Kier molecular flexibility index (Phi) is 5.54. The summed E-state index contributed by atoms with van der Waals surface area (Å²) in [6.45, 7) is 3.07. The fourth-order valence-corrected chi connectivity index (χ4v) is 6.35. The zero-order valence-corrected chi connectivity index (χ0v) is 20.0. The first-order valence-electron chi connectivity index (χ1n) is 10.0. The predicted octanol–water partition coefficient (Wildman–Crippen LogP) is 3.81. The van der Waals surface area contributed by atoms with E-state index < -0.39 is 11.0 Å². The maximum absolute atomic E-state index is 12.9. The number of thiazole rings is 1. The Bertz CT molecular complexity index is 1330. The topological polar surface area (TPSA) is 92.4 Å². The van der Waals surface area contributed by atoms with E-state index in [9.17, 15) is 9.00 Å². The molecule has 5 rings (SSSR count). The molecule has 7 nitrogen and oxygen atoms in total. The molecule has 0 radical (unpaired) electrons. The number of nitrogens with zero attached hydrogens (tertiary/aromatic N) is 4. The molecule has 1 aliphatic heterocycles. The molecule has 1 amide bonds. The van der Waals surface area contributed by atoms with Gasteiger partial charge >= 0.3 is 0 Å². The molecule has 2 aromatic carbocycles. The summed E-state index contributed by atoms with van der Waals surface area (Å²) < 4.78 is 16.6. The van der Waals surface area contributed by atoms with Crippen molar-refractivity contribution in [1.82, 2.24) is 9.36 Å². The number of rotatable bonds is 5. The van der Waals surface area contributed by atoms with Gasteiger partial charge in [-0.3, -0.25) is 9.69 Å². The van der Waals surface area contributed by atoms with E-state index in [0.717, 1.165) is 16.8 Å². The number of anilines is 2. The van der Waals surface area contributed by atoms with Gasteiger partial charge in [0.15, 0.2) is 5.13 Å². The van der Waals surface area contributed by atoms with Crippen LogP contribution < -0.4 is 14.9 Å². The van der Waals surface area contributed by atoms with Crippen LogP contribution in [0.1, 0.15) is 5.69 Å². The highest BCUT2D eigenvalue weighted by molar-refractivity contribution is 7.85. The van der Waals surface area contributed by atoms with Gasteiger partial charge < -0.3 is 4.90 Å². The smallest absolute Gasteiger partial charge is 0.235 e. The lowest BCUT2D eigenvalue weighted by Gasteiger charge is -2.41. The van der Waals surface area contributed by atoms with E-state index in [4.69, 9.17) is 5.14 Å². The second-order valence-electron chi connectivity index (χ2n) is 7.74. The van der Waals surface area contributed by atoms with Gasteiger partial charge in [-0.25, -0.2) is 14.3 Å². The van der Waals surface area contributed by atoms with E-state index in [0.29, 0.717) is 28.1 Å². The highest BCUT2D eigenvalue weighted by Crippen LogP contribution is 2.35. The summed E-state index contributed by atoms with van der Waals surface area (Å²) in [6.07, 6.45) is 0. The summed E-state index contributed by atoms with van der Waals surface area (Å²) in [4.78, 5) is 22.2. The number of aromatic nitrogens is 2. The zero-order chi connectivity index (χ0) is 22.4. The molecule has 1 unspecified atom stereocenters. The first-order chi connectivity index (χ1) is 15.4. The van der Waals surface area contributed by atoms with Crippen molar-refractivity contribution in [2.24, 2.45) is 11.1 Å². The van der Waals surface area contributed by atoms with Crippen molar-refractivity contribution in [1.29, 1.82) is 0 Å². The van der Waals surface area contributed by atoms with Crippen LogP contribution in [0.3, 0.4) is 0 Å². The molecule has 1 fully saturated rings. The van der Waals surface area contributed by atoms with Crippen LogP contribution in [0.4, 0.5) is 10.8 Å². The fraction of sp³-hybridized carbons (Fsp3) is 0.227. The van der Waals surface area contributed by atoms with Gasteiger partial charge in [0.25, 0.3) is 0 Å². The molecule has 0 saturated carbocycles. The fourth-order valence-electron chi connectivity index (χ4n) is 3.83. The molecular formula is C22H21N5O2S3. The number of nitrogens with two attached hydrogens (primary N) is 1. The van der Waals surface area contributed by atoms with Gasteiger partial charge in [0.1, 0.15) is 15.2 Å². The molecule has 2 N–H and O–H groups in total. The van der Waals surface area contributed by atoms with Crippen molar-refractivity contribution in [3.8, 4) is 10.4 Å². The molecular weight excluding hydrogens is 462 g/mol. The SMILES string of the molecule is Cc1nc(N(C)C(=O)C2CN(c3ccc(-c4snc5ccccc45)cc3)C2)sc1S(N)=O. The molecule has 3 heterocycles. The van der Waals surface area contributed by atoms with Crippen LogP contribution in [0.25, 0.3) is 21.3 Å². The van der Waals surface area contributed by atoms with Crippen LogP contribution in [0.15, 0.2) is 52.7 Å². The molecule has 1 atom stereocenters. The van der Waals surface area contributed by atoms with Crippen molar-refractivity contribution in [2.45, 2.75) is 11.1 Å². The second kappa shape index (κ2) is 8.36. The summed E-state index contributed by atoms with van der Waals surface area (Å²) in [7, 11) is 0.116. The summed E-state index contributed by atoms with van der Waals surface area (Å²) in [5.74, 6) is -0.0850. The molecule has 4 aromatic rings. The van der Waals surface area contributed by atoms with Gasteiger partial charge in [0, 0.05) is 31.2 Å². The van der Waals surface area contributed by atoms with Gasteiger partial charge in [-0.05, 0) is 42.2 Å². The number of carbonyl (C=O) groups excluding carboxylic acids is 1. The van der Waals surface area contributed by atoms with Crippen LogP contribution in [0.2, 0.25) is 0 Å². The average molecular weight is 484 g/mol. The maximum atomic E-state index is 12.9. The Hall–Kier alpha value is -2.66. The van der Waals surface area contributed by atoms with E-state index in [1.807, 2.05) is 18.2 Å². The Morgan fingerprint density at radius 2 is 1.91 bits per heavy atom. The van der Waals surface area contributed by atoms with Crippen molar-refractivity contribution in [2.75, 3.05) is 29.9 Å². The minimum atomic E-state index is -1.59. The lowest BCUT2D eigenvalue weighted by molar-refractivity contribution is -0.122. The molecule has 0 aliphatic carbocycles. The lowest BCUT2D eigenvalue weighted by Crippen LogP contribution is -2.54. The standard InChI is InChI=1S/C22H21N5O2S3/c1-13-21(32(23)29)30-22(24-13)26(2)20(28)15-11-27(12-15)16-9-7-14(8-10-16)19-17-5-3-4-6-18(17)25-31-19/h3-10,15H,11-12,23H2,1-2H3. The van der Waals surface area contributed by atoms with Gasteiger partial charge in [-0.2, -0.15) is 4.37 Å². The molecule has 164 valence electrons. The lowest BCUT2D eigenvalue weighted by atomic mass is 9.97. The number of carbonyl (C=O) groups is 1. The van der Waals surface area contributed by atoms with E-state index in [1.54, 1.807) is 18.9 Å². The van der Waals surface area contributed by atoms with Crippen molar-refractivity contribution < 1.29 is 9.00 Å². The molecule has 32 heavy (non-hydrogen) atoms. The summed E-state index contributed by atoms with van der Waals surface area (Å²) in [5.41, 5.74) is 3.87.